The zero-order valence-electron chi connectivity index (χ0n) is 9.82. The Morgan fingerprint density at radius 3 is 2.59 bits per heavy atom. The molecule has 0 aromatic carbocycles. The summed E-state index contributed by atoms with van der Waals surface area (Å²) in [6.07, 6.45) is 0. The Kier molecular flexibility index (Phi) is 4.89. The van der Waals surface area contributed by atoms with Crippen molar-refractivity contribution in [2.75, 3.05) is 18.8 Å². The summed E-state index contributed by atoms with van der Waals surface area (Å²) in [6, 6.07) is 0. The van der Waals surface area contributed by atoms with Gasteiger partial charge in [0.2, 0.25) is 5.91 Å². The largest absolute Gasteiger partial charge is 0.375 e. The van der Waals surface area contributed by atoms with E-state index in [0.717, 1.165) is 0 Å². The lowest BCUT2D eigenvalue weighted by atomic mass is 10.2. The molecule has 0 fully saturated rings. The van der Waals surface area contributed by atoms with Crippen molar-refractivity contribution in [3.05, 3.63) is 11.1 Å². The number of carbonyl (C=O) groups excluding carboxylic acids is 2. The first-order chi connectivity index (χ1) is 8.00. The van der Waals surface area contributed by atoms with Gasteiger partial charge in [-0.05, 0) is 0 Å². The van der Waals surface area contributed by atoms with Crippen LogP contribution in [0.3, 0.4) is 0 Å². The van der Waals surface area contributed by atoms with Crippen LogP contribution in [-0.4, -0.2) is 29.9 Å². The number of rotatable bonds is 5. The molecule has 6 nitrogen and oxygen atoms in total. The molecule has 0 aliphatic heterocycles. The van der Waals surface area contributed by atoms with Crippen molar-refractivity contribution in [2.24, 2.45) is 5.92 Å². The fourth-order valence-electron chi connectivity index (χ4n) is 1.05. The fraction of sp³-hybridized carbons (Fsp3) is 0.500. The van der Waals surface area contributed by atoms with Crippen molar-refractivity contribution < 1.29 is 9.59 Å². The number of amides is 2. The van der Waals surface area contributed by atoms with Gasteiger partial charge in [-0.1, -0.05) is 13.8 Å². The molecule has 0 aliphatic rings. The van der Waals surface area contributed by atoms with E-state index in [0.29, 0.717) is 23.9 Å². The summed E-state index contributed by atoms with van der Waals surface area (Å²) in [7, 11) is 0. The molecule has 0 aliphatic carbocycles. The van der Waals surface area contributed by atoms with E-state index in [1.165, 1.54) is 11.3 Å². The summed E-state index contributed by atoms with van der Waals surface area (Å²) in [5, 5.41) is 7.30. The Balaban J connectivity index is 2.23. The summed E-state index contributed by atoms with van der Waals surface area (Å²) in [5.41, 5.74) is 5.72. The summed E-state index contributed by atoms with van der Waals surface area (Å²) in [6.45, 7) is 4.40. The van der Waals surface area contributed by atoms with Crippen LogP contribution in [-0.2, 0) is 4.79 Å². The third-order valence-corrected chi connectivity index (χ3v) is 2.66. The van der Waals surface area contributed by atoms with Crippen molar-refractivity contribution in [1.82, 2.24) is 15.6 Å². The van der Waals surface area contributed by atoms with Crippen LogP contribution in [0, 0.1) is 5.92 Å². The number of anilines is 1. The molecular weight excluding hydrogens is 240 g/mol. The minimum atomic E-state index is -0.281. The molecule has 17 heavy (non-hydrogen) atoms. The van der Waals surface area contributed by atoms with Gasteiger partial charge in [-0.3, -0.25) is 9.59 Å². The minimum Gasteiger partial charge on any atom is -0.375 e. The van der Waals surface area contributed by atoms with E-state index >= 15 is 0 Å². The van der Waals surface area contributed by atoms with E-state index in [2.05, 4.69) is 15.6 Å². The van der Waals surface area contributed by atoms with Gasteiger partial charge in [-0.15, -0.1) is 11.3 Å². The molecule has 1 aromatic heterocycles. The smallest absolute Gasteiger partial charge is 0.270 e. The van der Waals surface area contributed by atoms with Crippen molar-refractivity contribution in [2.45, 2.75) is 13.8 Å². The first-order valence-electron chi connectivity index (χ1n) is 5.27. The van der Waals surface area contributed by atoms with Gasteiger partial charge in [0.05, 0.1) is 0 Å². The van der Waals surface area contributed by atoms with Crippen LogP contribution in [0.1, 0.15) is 24.3 Å². The molecule has 0 saturated carbocycles. The molecule has 7 heteroatoms. The molecule has 1 rings (SSSR count). The molecular formula is C10H16N4O2S. The number of nitrogen functional groups attached to an aromatic ring is 1. The second kappa shape index (κ2) is 6.19. The molecule has 0 unspecified atom stereocenters. The third-order valence-electron chi connectivity index (χ3n) is 1.99. The zero-order chi connectivity index (χ0) is 12.8. The SMILES string of the molecule is CC(C)C(=O)NCCNC(=O)c1csc(N)n1. The van der Waals surface area contributed by atoms with E-state index in [9.17, 15) is 9.59 Å². The number of nitrogens with zero attached hydrogens (tertiary/aromatic N) is 1. The predicted molar refractivity (Wildman–Crippen MR) is 66.7 cm³/mol. The van der Waals surface area contributed by atoms with Crippen molar-refractivity contribution in [3.8, 4) is 0 Å². The monoisotopic (exact) mass is 256 g/mol. The lowest BCUT2D eigenvalue weighted by Crippen LogP contribution is -2.36. The van der Waals surface area contributed by atoms with Gasteiger partial charge < -0.3 is 16.4 Å². The van der Waals surface area contributed by atoms with Crippen LogP contribution >= 0.6 is 11.3 Å². The predicted octanol–water partition coefficient (Wildman–Crippen LogP) is 0.227. The van der Waals surface area contributed by atoms with Gasteiger partial charge in [0, 0.05) is 24.4 Å². The lowest BCUT2D eigenvalue weighted by molar-refractivity contribution is -0.123. The van der Waals surface area contributed by atoms with Gasteiger partial charge >= 0.3 is 0 Å². The van der Waals surface area contributed by atoms with Crippen molar-refractivity contribution in [1.29, 1.82) is 0 Å². The summed E-state index contributed by atoms with van der Waals surface area (Å²) < 4.78 is 0. The van der Waals surface area contributed by atoms with Gasteiger partial charge in [0.1, 0.15) is 5.69 Å². The highest BCUT2D eigenvalue weighted by atomic mass is 32.1. The van der Waals surface area contributed by atoms with Gasteiger partial charge in [-0.25, -0.2) is 4.98 Å². The number of nitrogens with two attached hydrogens (primary N) is 1. The average Bonchev–Trinajstić information content (AvgIpc) is 2.70. The maximum atomic E-state index is 11.5. The van der Waals surface area contributed by atoms with Crippen LogP contribution in [0.4, 0.5) is 5.13 Å². The Morgan fingerprint density at radius 2 is 2.06 bits per heavy atom. The molecule has 1 heterocycles. The summed E-state index contributed by atoms with van der Waals surface area (Å²) >= 11 is 1.22. The maximum absolute atomic E-state index is 11.5. The summed E-state index contributed by atoms with van der Waals surface area (Å²) in [4.78, 5) is 26.6. The zero-order valence-corrected chi connectivity index (χ0v) is 10.6. The Hall–Kier alpha value is -1.63. The quantitative estimate of drug-likeness (QED) is 0.657. The highest BCUT2D eigenvalue weighted by Gasteiger charge is 2.09. The normalized spacial score (nSPS) is 10.3. The maximum Gasteiger partial charge on any atom is 0.270 e. The van der Waals surface area contributed by atoms with Gasteiger partial charge in [-0.2, -0.15) is 0 Å². The van der Waals surface area contributed by atoms with E-state index in [1.54, 1.807) is 5.38 Å². The molecule has 4 N–H and O–H groups in total. The first-order valence-corrected chi connectivity index (χ1v) is 6.15. The summed E-state index contributed by atoms with van der Waals surface area (Å²) in [5.74, 6) is -0.363. The van der Waals surface area contributed by atoms with E-state index < -0.39 is 0 Å². The number of aromatic nitrogens is 1. The Morgan fingerprint density at radius 1 is 1.41 bits per heavy atom. The second-order valence-corrected chi connectivity index (χ2v) is 4.66. The third kappa shape index (κ3) is 4.39. The van der Waals surface area contributed by atoms with Crippen LogP contribution < -0.4 is 16.4 Å². The molecule has 2 amide bonds. The molecule has 0 radical (unpaired) electrons. The molecule has 0 atom stereocenters. The van der Waals surface area contributed by atoms with E-state index in [1.807, 2.05) is 13.8 Å². The van der Waals surface area contributed by atoms with E-state index in [-0.39, 0.29) is 17.7 Å². The minimum absolute atomic E-state index is 0.0304. The molecule has 0 spiro atoms. The van der Waals surface area contributed by atoms with Crippen LogP contribution in [0.2, 0.25) is 0 Å². The Bertz CT molecular complexity index is 403. The highest BCUT2D eigenvalue weighted by molar-refractivity contribution is 7.13. The number of carbonyl (C=O) groups is 2. The number of thiazole rings is 1. The van der Waals surface area contributed by atoms with Crippen LogP contribution in [0.5, 0.6) is 0 Å². The standard InChI is InChI=1S/C10H16N4O2S/c1-6(2)8(15)12-3-4-13-9(16)7-5-17-10(11)14-7/h5-6H,3-4H2,1-2H3,(H2,11,14)(H,12,15)(H,13,16). The first kappa shape index (κ1) is 13.4. The number of hydrogen-bond acceptors (Lipinski definition) is 5. The second-order valence-electron chi connectivity index (χ2n) is 3.77. The molecule has 0 bridgehead atoms. The topological polar surface area (TPSA) is 97.1 Å². The molecule has 1 aromatic rings. The van der Waals surface area contributed by atoms with Crippen LogP contribution in [0.15, 0.2) is 5.38 Å². The van der Waals surface area contributed by atoms with Crippen molar-refractivity contribution >= 4 is 28.3 Å². The molecule has 0 saturated heterocycles. The fourth-order valence-corrected chi connectivity index (χ4v) is 1.59. The van der Waals surface area contributed by atoms with Gasteiger partial charge in [0.15, 0.2) is 5.13 Å². The average molecular weight is 256 g/mol. The van der Waals surface area contributed by atoms with Crippen LogP contribution in [0.25, 0.3) is 0 Å². The van der Waals surface area contributed by atoms with Crippen molar-refractivity contribution in [3.63, 3.8) is 0 Å². The highest BCUT2D eigenvalue weighted by Crippen LogP contribution is 2.10. The number of nitrogens with one attached hydrogen (secondary N) is 2. The van der Waals surface area contributed by atoms with Gasteiger partial charge in [0.25, 0.3) is 5.91 Å². The lowest BCUT2D eigenvalue weighted by Gasteiger charge is -2.07. The molecule has 94 valence electrons. The van der Waals surface area contributed by atoms with E-state index in [4.69, 9.17) is 5.73 Å². The Labute approximate surface area is 104 Å². The number of hydrogen-bond donors (Lipinski definition) is 3.